The Morgan fingerprint density at radius 2 is 1.19 bits per heavy atom. The number of ketones is 1. The predicted octanol–water partition coefficient (Wildman–Crippen LogP) is 3.06. The third-order valence-electron chi connectivity index (χ3n) is 2.67. The van der Waals surface area contributed by atoms with Crippen LogP contribution >= 0.6 is 0 Å². The van der Waals surface area contributed by atoms with Crippen LogP contribution in [0.3, 0.4) is 0 Å². The van der Waals surface area contributed by atoms with Crippen molar-refractivity contribution < 1.29 is 46.3 Å². The molecule has 4 nitrogen and oxygen atoms in total. The van der Waals surface area contributed by atoms with Gasteiger partial charge < -0.3 is 15.3 Å². The summed E-state index contributed by atoms with van der Waals surface area (Å²) in [6.45, 7) is 15.1. The third-order valence-corrected chi connectivity index (χ3v) is 2.67. The van der Waals surface area contributed by atoms with Crippen LogP contribution in [-0.2, 0) is 26.2 Å². The number of rotatable bonds is 3. The fraction of sp³-hybridized carbons (Fsp3) is 0.812. The van der Waals surface area contributed by atoms with Crippen LogP contribution in [-0.4, -0.2) is 39.1 Å². The van der Waals surface area contributed by atoms with E-state index in [0.717, 1.165) is 0 Å². The SMILES string of the molecule is CC(C)(C)C(=[OH+])/C=C(\O)C(C)(C)C.CC(C)(CO)CO.[Zr]. The smallest absolute Gasteiger partial charge is 0.325 e. The molecule has 0 fully saturated rings. The van der Waals surface area contributed by atoms with Gasteiger partial charge in [0.15, 0.2) is 0 Å². The Morgan fingerprint density at radius 1 is 0.857 bits per heavy atom. The number of hydrogen-bond donors (Lipinski definition) is 3. The van der Waals surface area contributed by atoms with Gasteiger partial charge in [-0.3, -0.25) is 4.79 Å². The molecule has 0 saturated heterocycles. The van der Waals surface area contributed by atoms with E-state index in [1.54, 1.807) is 13.8 Å². The van der Waals surface area contributed by atoms with Crippen LogP contribution in [0.25, 0.3) is 0 Å². The normalized spacial score (nSPS) is 13.0. The summed E-state index contributed by atoms with van der Waals surface area (Å²) in [6, 6.07) is 0. The fourth-order valence-corrected chi connectivity index (χ4v) is 0.613. The van der Waals surface area contributed by atoms with Crippen LogP contribution in [0, 0.1) is 16.2 Å². The first-order valence-electron chi connectivity index (χ1n) is 6.86. The molecule has 0 aliphatic carbocycles. The molecular weight excluding hydrogens is 347 g/mol. The van der Waals surface area contributed by atoms with E-state index in [1.807, 2.05) is 41.5 Å². The molecule has 0 heterocycles. The molecule has 0 aromatic heterocycles. The van der Waals surface area contributed by atoms with E-state index in [2.05, 4.69) is 0 Å². The minimum absolute atomic E-state index is 0. The van der Waals surface area contributed by atoms with Crippen LogP contribution in [0.1, 0.15) is 55.4 Å². The molecule has 124 valence electrons. The summed E-state index contributed by atoms with van der Waals surface area (Å²) < 4.78 is 0. The largest absolute Gasteiger partial charge is 0.511 e. The summed E-state index contributed by atoms with van der Waals surface area (Å²) in [6.07, 6.45) is 1.44. The van der Waals surface area contributed by atoms with Gasteiger partial charge in [-0.2, -0.15) is 0 Å². The maximum atomic E-state index is 9.60. The Kier molecular flexibility index (Phi) is 12.2. The van der Waals surface area contributed by atoms with Gasteiger partial charge in [0.1, 0.15) is 5.76 Å². The van der Waals surface area contributed by atoms with E-state index in [0.29, 0.717) is 0 Å². The van der Waals surface area contributed by atoms with Crippen molar-refractivity contribution in [3.8, 4) is 0 Å². The van der Waals surface area contributed by atoms with Crippen molar-refractivity contribution >= 4 is 5.78 Å². The molecule has 5 heteroatoms. The maximum absolute atomic E-state index is 9.60. The zero-order chi connectivity index (χ0) is 16.8. The van der Waals surface area contributed by atoms with Crippen LogP contribution in [0.5, 0.6) is 0 Å². The Morgan fingerprint density at radius 3 is 1.33 bits per heavy atom. The zero-order valence-electron chi connectivity index (χ0n) is 14.8. The van der Waals surface area contributed by atoms with E-state index >= 15 is 0 Å². The molecule has 0 rings (SSSR count). The van der Waals surface area contributed by atoms with Gasteiger partial charge >= 0.3 is 5.78 Å². The van der Waals surface area contributed by atoms with Gasteiger partial charge in [-0.25, -0.2) is 0 Å². The third kappa shape index (κ3) is 13.4. The average molecular weight is 381 g/mol. The molecular formula is C16H33O4Zr+. The molecule has 0 aliphatic heterocycles. The average Bonchev–Trinajstić information content (AvgIpc) is 2.27. The Bertz CT molecular complexity index is 327. The van der Waals surface area contributed by atoms with Gasteiger partial charge in [-0.15, -0.1) is 0 Å². The van der Waals surface area contributed by atoms with Crippen LogP contribution < -0.4 is 0 Å². The number of aliphatic hydroxyl groups is 3. The van der Waals surface area contributed by atoms with Gasteiger partial charge in [-0.05, 0) is 20.8 Å². The van der Waals surface area contributed by atoms with Crippen molar-refractivity contribution in [1.82, 2.24) is 0 Å². The van der Waals surface area contributed by atoms with E-state index in [1.165, 1.54) is 6.08 Å². The molecule has 0 spiro atoms. The first kappa shape index (κ1) is 25.9. The molecule has 0 amide bonds. The molecule has 21 heavy (non-hydrogen) atoms. The Hall–Kier alpha value is 0.0131. The first-order valence-corrected chi connectivity index (χ1v) is 6.86. The molecule has 0 bridgehead atoms. The summed E-state index contributed by atoms with van der Waals surface area (Å²) in [5.74, 6) is 0.417. The van der Waals surface area contributed by atoms with Crippen LogP contribution in [0.15, 0.2) is 11.8 Å². The second-order valence-corrected chi connectivity index (χ2v) is 7.90. The summed E-state index contributed by atoms with van der Waals surface area (Å²) >= 11 is 0. The zero-order valence-corrected chi connectivity index (χ0v) is 17.2. The van der Waals surface area contributed by atoms with Gasteiger partial charge in [0, 0.05) is 37.0 Å². The van der Waals surface area contributed by atoms with Crippen molar-refractivity contribution in [2.24, 2.45) is 16.2 Å². The minimum Gasteiger partial charge on any atom is -0.511 e. The van der Waals surface area contributed by atoms with E-state index in [4.69, 9.17) is 10.2 Å². The molecule has 0 aliphatic rings. The molecule has 0 aromatic carbocycles. The van der Waals surface area contributed by atoms with E-state index in [-0.39, 0.29) is 67.2 Å². The van der Waals surface area contributed by atoms with Crippen molar-refractivity contribution in [1.29, 1.82) is 0 Å². The molecule has 0 radical (unpaired) electrons. The second kappa shape index (κ2) is 9.91. The number of hydrogen-bond acceptors (Lipinski definition) is 3. The Labute approximate surface area is 148 Å². The number of carbonyl (C=O) groups excluding carboxylic acids is 1. The van der Waals surface area contributed by atoms with Crippen LogP contribution in [0.4, 0.5) is 0 Å². The quantitative estimate of drug-likeness (QED) is 0.400. The summed E-state index contributed by atoms with van der Waals surface area (Å²) in [5.41, 5.74) is -0.918. The Balaban J connectivity index is -0.000000347. The van der Waals surface area contributed by atoms with Crippen molar-refractivity contribution in [2.45, 2.75) is 55.4 Å². The van der Waals surface area contributed by atoms with E-state index in [9.17, 15) is 9.90 Å². The minimum atomic E-state index is -0.306. The fourth-order valence-electron chi connectivity index (χ4n) is 0.613. The summed E-state index contributed by atoms with van der Waals surface area (Å²) in [4.78, 5) is 9.60. The van der Waals surface area contributed by atoms with Crippen molar-refractivity contribution in [3.63, 3.8) is 0 Å². The second-order valence-electron chi connectivity index (χ2n) is 7.90. The van der Waals surface area contributed by atoms with Gasteiger partial charge in [0.25, 0.3) is 0 Å². The molecule has 0 saturated carbocycles. The number of allylic oxidation sites excluding steroid dienone is 2. The summed E-state index contributed by atoms with van der Waals surface area (Å²) in [5, 5.41) is 26.5. The van der Waals surface area contributed by atoms with Crippen LogP contribution in [0.2, 0.25) is 0 Å². The predicted molar refractivity (Wildman–Crippen MR) is 84.5 cm³/mol. The van der Waals surface area contributed by atoms with Gasteiger partial charge in [0.2, 0.25) is 0 Å². The first-order chi connectivity index (χ1) is 8.67. The molecule has 0 aromatic rings. The van der Waals surface area contributed by atoms with Crippen molar-refractivity contribution in [2.75, 3.05) is 13.2 Å². The van der Waals surface area contributed by atoms with E-state index < -0.39 is 0 Å². The van der Waals surface area contributed by atoms with Crippen molar-refractivity contribution in [3.05, 3.63) is 11.8 Å². The number of aliphatic hydroxyl groups excluding tert-OH is 3. The van der Waals surface area contributed by atoms with Gasteiger partial charge in [-0.1, -0.05) is 34.6 Å². The molecule has 0 unspecified atom stereocenters. The standard InChI is InChI=1S/C11H20O2.C5H12O2.Zr/c1-10(2,3)8(12)7-9(13)11(4,5)6;1-5(2,3-6)4-7;/h7,12H,1-6H3;6-7H,3-4H2,1-2H3;/p+1/b8-7-;;. The summed E-state index contributed by atoms with van der Waals surface area (Å²) in [7, 11) is 0. The molecule has 4 N–H and O–H groups in total. The topological polar surface area (TPSA) is 82.1 Å². The molecule has 0 atom stereocenters. The maximum Gasteiger partial charge on any atom is 0.325 e. The van der Waals surface area contributed by atoms with Gasteiger partial charge in [0.05, 0.1) is 24.7 Å². The monoisotopic (exact) mass is 379 g/mol.